The van der Waals surface area contributed by atoms with E-state index in [-0.39, 0.29) is 6.42 Å². The number of hydrogen-bond acceptors (Lipinski definition) is 5. The van der Waals surface area contributed by atoms with Crippen LogP contribution < -0.4 is 5.32 Å². The highest BCUT2D eigenvalue weighted by Crippen LogP contribution is 2.14. The van der Waals surface area contributed by atoms with Crippen LogP contribution in [0.1, 0.15) is 200 Å². The minimum absolute atomic E-state index is 0.268. The van der Waals surface area contributed by atoms with Gasteiger partial charge in [0.25, 0.3) is 10.1 Å². The van der Waals surface area contributed by atoms with Gasteiger partial charge in [-0.1, -0.05) is 179 Å². The van der Waals surface area contributed by atoms with E-state index in [9.17, 15) is 28.0 Å². The van der Waals surface area contributed by atoms with Gasteiger partial charge in [-0.15, -0.1) is 0 Å². The maximum absolute atomic E-state index is 12.6. The SMILES string of the molecule is CCCCCCCCCCC/C=C\CCCCCCC(O)C(=O)NC(CS(=O)(=O)O)C(O)/C=C/CCCCCCCCCCCCCC. The predicted octanol–water partition coefficient (Wildman–Crippen LogP) is 10.5. The molecule has 4 N–H and O–H groups in total. The molecule has 0 aromatic carbocycles. The third-order valence-corrected chi connectivity index (χ3v) is 10.0. The average molecular weight is 700 g/mol. The van der Waals surface area contributed by atoms with Crippen molar-refractivity contribution >= 4 is 16.0 Å². The molecule has 8 heteroatoms. The van der Waals surface area contributed by atoms with Crippen LogP contribution >= 0.6 is 0 Å². The van der Waals surface area contributed by atoms with Crippen LogP contribution in [0.2, 0.25) is 0 Å². The molecule has 0 aliphatic carbocycles. The molecule has 0 aliphatic heterocycles. The van der Waals surface area contributed by atoms with Crippen LogP contribution in [0.3, 0.4) is 0 Å². The van der Waals surface area contributed by atoms with Gasteiger partial charge in [0.2, 0.25) is 5.91 Å². The summed E-state index contributed by atoms with van der Waals surface area (Å²) in [6.45, 7) is 4.50. The first-order valence-corrected chi connectivity index (χ1v) is 21.8. The summed E-state index contributed by atoms with van der Waals surface area (Å²) in [6.07, 6.45) is 39.4. The Hall–Kier alpha value is -1.22. The second kappa shape index (κ2) is 34.2. The molecule has 0 aromatic rings. The van der Waals surface area contributed by atoms with Crippen molar-refractivity contribution in [1.82, 2.24) is 5.32 Å². The fraction of sp³-hybridized carbons (Fsp3) is 0.875. The van der Waals surface area contributed by atoms with E-state index in [1.807, 2.05) is 0 Å². The van der Waals surface area contributed by atoms with Crippen molar-refractivity contribution in [3.63, 3.8) is 0 Å². The lowest BCUT2D eigenvalue weighted by atomic mass is 10.0. The summed E-state index contributed by atoms with van der Waals surface area (Å²) in [7, 11) is -4.44. The zero-order valence-corrected chi connectivity index (χ0v) is 32.0. The fourth-order valence-corrected chi connectivity index (χ4v) is 6.83. The molecule has 0 aromatic heterocycles. The lowest BCUT2D eigenvalue weighted by Crippen LogP contribution is -2.50. The van der Waals surface area contributed by atoms with Crippen molar-refractivity contribution in [3.8, 4) is 0 Å². The minimum Gasteiger partial charge on any atom is -0.387 e. The summed E-state index contributed by atoms with van der Waals surface area (Å²) in [6, 6.07) is -1.23. The monoisotopic (exact) mass is 700 g/mol. The van der Waals surface area contributed by atoms with E-state index in [1.54, 1.807) is 6.08 Å². The Morgan fingerprint density at radius 1 is 0.562 bits per heavy atom. The lowest BCUT2D eigenvalue weighted by Gasteiger charge is -2.22. The molecular weight excluding hydrogens is 623 g/mol. The Morgan fingerprint density at radius 2 is 0.917 bits per heavy atom. The fourth-order valence-electron chi connectivity index (χ4n) is 6.10. The van der Waals surface area contributed by atoms with Crippen LogP contribution in [0.5, 0.6) is 0 Å². The smallest absolute Gasteiger partial charge is 0.267 e. The number of rotatable bonds is 36. The van der Waals surface area contributed by atoms with Gasteiger partial charge >= 0.3 is 0 Å². The molecular formula is C40H77NO6S. The van der Waals surface area contributed by atoms with E-state index in [4.69, 9.17) is 0 Å². The summed E-state index contributed by atoms with van der Waals surface area (Å²) in [5, 5.41) is 23.3. The molecule has 48 heavy (non-hydrogen) atoms. The molecule has 0 fully saturated rings. The summed E-state index contributed by atoms with van der Waals surface area (Å²) < 4.78 is 32.5. The molecule has 0 spiro atoms. The summed E-state index contributed by atoms with van der Waals surface area (Å²) in [5.74, 6) is -1.54. The number of aliphatic hydroxyl groups is 2. The van der Waals surface area contributed by atoms with Crippen LogP contribution in [0.15, 0.2) is 24.3 Å². The number of unbranched alkanes of at least 4 members (excludes halogenated alkanes) is 25. The largest absolute Gasteiger partial charge is 0.387 e. The van der Waals surface area contributed by atoms with Crippen molar-refractivity contribution in [2.75, 3.05) is 5.75 Å². The van der Waals surface area contributed by atoms with E-state index in [0.717, 1.165) is 51.4 Å². The van der Waals surface area contributed by atoms with E-state index in [2.05, 4.69) is 31.3 Å². The molecule has 0 saturated heterocycles. The Balaban J connectivity index is 4.07. The maximum atomic E-state index is 12.6. The molecule has 0 aliphatic rings. The number of allylic oxidation sites excluding steroid dienone is 3. The van der Waals surface area contributed by atoms with Gasteiger partial charge in [-0.3, -0.25) is 9.35 Å². The Bertz CT molecular complexity index is 875. The highest BCUT2D eigenvalue weighted by molar-refractivity contribution is 7.85. The number of amides is 1. The first kappa shape index (κ1) is 46.8. The molecule has 0 bridgehead atoms. The van der Waals surface area contributed by atoms with Gasteiger partial charge in [0.15, 0.2) is 0 Å². The number of carbonyl (C=O) groups is 1. The van der Waals surface area contributed by atoms with Gasteiger partial charge in [-0.05, 0) is 44.9 Å². The molecule has 1 amide bonds. The van der Waals surface area contributed by atoms with Gasteiger partial charge in [0.05, 0.1) is 17.9 Å². The molecule has 284 valence electrons. The van der Waals surface area contributed by atoms with E-state index in [1.165, 1.54) is 128 Å². The highest BCUT2D eigenvalue weighted by Gasteiger charge is 2.27. The van der Waals surface area contributed by atoms with E-state index < -0.39 is 40.0 Å². The minimum atomic E-state index is -4.44. The number of hydrogen-bond donors (Lipinski definition) is 4. The summed E-state index contributed by atoms with van der Waals surface area (Å²) in [4.78, 5) is 12.6. The zero-order chi connectivity index (χ0) is 35.6. The third-order valence-electron chi connectivity index (χ3n) is 9.23. The number of carbonyl (C=O) groups excluding carboxylic acids is 1. The molecule has 3 unspecified atom stereocenters. The molecule has 0 saturated carbocycles. The normalized spacial score (nSPS) is 14.2. The first-order chi connectivity index (χ1) is 23.2. The topological polar surface area (TPSA) is 124 Å². The van der Waals surface area contributed by atoms with Gasteiger partial charge in [0.1, 0.15) is 6.10 Å². The molecule has 0 radical (unpaired) electrons. The standard InChI is InChI=1S/C40H77NO6S/c1-3-5-7-9-11-13-15-17-19-20-21-23-25-27-29-31-33-35-39(43)40(44)41-37(36-48(45,46)47)38(42)34-32-30-28-26-24-22-18-16-14-12-10-8-6-4-2/h21,23,32,34,37-39,42-43H,3-20,22,24-31,33,35-36H2,1-2H3,(H,41,44)(H,45,46,47)/b23-21-,34-32+. The predicted molar refractivity (Wildman–Crippen MR) is 204 cm³/mol. The highest BCUT2D eigenvalue weighted by atomic mass is 32.2. The van der Waals surface area contributed by atoms with Crippen molar-refractivity contribution in [2.45, 2.75) is 218 Å². The third kappa shape index (κ3) is 33.3. The number of aliphatic hydroxyl groups excluding tert-OH is 2. The van der Waals surface area contributed by atoms with Crippen LogP contribution in [0, 0.1) is 0 Å². The van der Waals surface area contributed by atoms with Crippen LogP contribution in [-0.2, 0) is 14.9 Å². The second-order valence-corrected chi connectivity index (χ2v) is 15.6. The number of nitrogens with one attached hydrogen (secondary N) is 1. The lowest BCUT2D eigenvalue weighted by molar-refractivity contribution is -0.130. The van der Waals surface area contributed by atoms with Gasteiger partial charge in [-0.25, -0.2) is 0 Å². The van der Waals surface area contributed by atoms with Crippen LogP contribution in [0.25, 0.3) is 0 Å². The average Bonchev–Trinajstić information content (AvgIpc) is 3.05. The first-order valence-electron chi connectivity index (χ1n) is 20.1. The molecule has 3 atom stereocenters. The summed E-state index contributed by atoms with van der Waals surface area (Å²) >= 11 is 0. The van der Waals surface area contributed by atoms with Gasteiger partial charge in [0, 0.05) is 0 Å². The Labute approximate surface area is 297 Å². The van der Waals surface area contributed by atoms with Crippen molar-refractivity contribution in [3.05, 3.63) is 24.3 Å². The van der Waals surface area contributed by atoms with E-state index >= 15 is 0 Å². The van der Waals surface area contributed by atoms with Crippen molar-refractivity contribution < 1.29 is 28.0 Å². The Kier molecular flexibility index (Phi) is 33.4. The molecule has 7 nitrogen and oxygen atoms in total. The second-order valence-electron chi connectivity index (χ2n) is 14.1. The van der Waals surface area contributed by atoms with E-state index in [0.29, 0.717) is 6.42 Å². The maximum Gasteiger partial charge on any atom is 0.267 e. The Morgan fingerprint density at radius 3 is 1.31 bits per heavy atom. The van der Waals surface area contributed by atoms with Gasteiger partial charge < -0.3 is 15.5 Å². The van der Waals surface area contributed by atoms with Crippen LogP contribution in [-0.4, -0.2) is 53.1 Å². The van der Waals surface area contributed by atoms with Crippen molar-refractivity contribution in [2.24, 2.45) is 0 Å². The van der Waals surface area contributed by atoms with Crippen molar-refractivity contribution in [1.29, 1.82) is 0 Å². The quantitative estimate of drug-likeness (QED) is 0.0293. The molecule has 0 rings (SSSR count). The van der Waals surface area contributed by atoms with Gasteiger partial charge in [-0.2, -0.15) is 8.42 Å². The summed E-state index contributed by atoms with van der Waals surface area (Å²) in [5.41, 5.74) is 0. The van der Waals surface area contributed by atoms with Crippen LogP contribution in [0.4, 0.5) is 0 Å². The molecule has 0 heterocycles. The zero-order valence-electron chi connectivity index (χ0n) is 31.2.